The highest BCUT2D eigenvalue weighted by molar-refractivity contribution is 5.60. The minimum absolute atomic E-state index is 0.375. The highest BCUT2D eigenvalue weighted by atomic mass is 19.4. The van der Waals surface area contributed by atoms with Gasteiger partial charge in [0.1, 0.15) is 0 Å². The van der Waals surface area contributed by atoms with E-state index in [9.17, 15) is 13.2 Å². The zero-order chi connectivity index (χ0) is 20.6. The van der Waals surface area contributed by atoms with E-state index in [4.69, 9.17) is 4.79 Å². The largest absolute Gasteiger partial charge is 0.471 e. The summed E-state index contributed by atoms with van der Waals surface area (Å²) in [5.74, 6) is 0. The highest BCUT2D eigenvalue weighted by Crippen LogP contribution is 2.29. The van der Waals surface area contributed by atoms with Gasteiger partial charge in [-0.05, 0) is 25.5 Å². The first-order chi connectivity index (χ1) is 12.2. The first-order valence-corrected chi connectivity index (χ1v) is 8.03. The number of carbonyl (C=O) groups excluding carboxylic acids is 1. The van der Waals surface area contributed by atoms with Crippen molar-refractivity contribution in [3.63, 3.8) is 0 Å². The van der Waals surface area contributed by atoms with Crippen LogP contribution in [0.3, 0.4) is 0 Å². The van der Waals surface area contributed by atoms with E-state index >= 15 is 0 Å². The molecule has 0 heterocycles. The molecule has 0 saturated heterocycles. The SMILES string of the molecule is C=C(C)c1ccccc1.CC.COC=O.Cc1cccc(C(F)(F)F)c1. The zero-order valence-corrected chi connectivity index (χ0v) is 15.9. The third-order valence-corrected chi connectivity index (χ3v) is 2.71. The van der Waals surface area contributed by atoms with E-state index in [-0.39, 0.29) is 0 Å². The fraction of sp³-hybridized carbons (Fsp3) is 0.286. The number of ether oxygens (including phenoxy) is 1. The molecule has 0 saturated carbocycles. The molecule has 0 N–H and O–H groups in total. The van der Waals surface area contributed by atoms with E-state index in [1.165, 1.54) is 18.7 Å². The van der Waals surface area contributed by atoms with Crippen LogP contribution in [-0.2, 0) is 15.7 Å². The lowest BCUT2D eigenvalue weighted by Crippen LogP contribution is -2.04. The number of benzene rings is 2. The Kier molecular flexibility index (Phi) is 14.6. The van der Waals surface area contributed by atoms with Crippen LogP contribution in [0.1, 0.15) is 37.5 Å². The van der Waals surface area contributed by atoms with Crippen LogP contribution in [0.4, 0.5) is 13.2 Å². The molecule has 2 aromatic carbocycles. The lowest BCUT2D eigenvalue weighted by Gasteiger charge is -2.05. The summed E-state index contributed by atoms with van der Waals surface area (Å²) in [5.41, 5.74) is 2.38. The van der Waals surface area contributed by atoms with Gasteiger partial charge in [-0.1, -0.05) is 80.1 Å². The van der Waals surface area contributed by atoms with E-state index in [1.807, 2.05) is 39.0 Å². The van der Waals surface area contributed by atoms with Gasteiger partial charge in [0.05, 0.1) is 12.7 Å². The van der Waals surface area contributed by atoms with Crippen molar-refractivity contribution in [2.75, 3.05) is 7.11 Å². The van der Waals surface area contributed by atoms with Gasteiger partial charge in [0.15, 0.2) is 0 Å². The van der Waals surface area contributed by atoms with Crippen LogP contribution in [0.2, 0.25) is 0 Å². The second-order valence-corrected chi connectivity index (χ2v) is 4.85. The summed E-state index contributed by atoms with van der Waals surface area (Å²) in [4.78, 5) is 8.95. The van der Waals surface area contributed by atoms with Crippen LogP contribution in [0.15, 0.2) is 61.2 Å². The van der Waals surface area contributed by atoms with Crippen molar-refractivity contribution < 1.29 is 22.7 Å². The van der Waals surface area contributed by atoms with Gasteiger partial charge in [-0.3, -0.25) is 4.79 Å². The van der Waals surface area contributed by atoms with Gasteiger partial charge in [0.2, 0.25) is 0 Å². The van der Waals surface area contributed by atoms with Crippen molar-refractivity contribution in [3.8, 4) is 0 Å². The van der Waals surface area contributed by atoms with Gasteiger partial charge < -0.3 is 4.74 Å². The molecular weight excluding hydrogens is 341 g/mol. The monoisotopic (exact) mass is 368 g/mol. The number of allylic oxidation sites excluding steroid dienone is 1. The molecule has 144 valence electrons. The minimum atomic E-state index is -4.22. The number of hydrogen-bond donors (Lipinski definition) is 0. The number of methoxy groups -OCH3 is 1. The van der Waals surface area contributed by atoms with E-state index in [1.54, 1.807) is 13.0 Å². The molecule has 0 aliphatic rings. The van der Waals surface area contributed by atoms with E-state index < -0.39 is 11.7 Å². The van der Waals surface area contributed by atoms with E-state index in [2.05, 4.69) is 23.4 Å². The Morgan fingerprint density at radius 1 is 1.04 bits per heavy atom. The quantitative estimate of drug-likeness (QED) is 0.562. The maximum Gasteiger partial charge on any atom is 0.416 e. The molecule has 0 bridgehead atoms. The van der Waals surface area contributed by atoms with Gasteiger partial charge in [0, 0.05) is 0 Å². The van der Waals surface area contributed by atoms with Crippen molar-refractivity contribution in [2.45, 2.75) is 33.9 Å². The summed E-state index contributed by atoms with van der Waals surface area (Å²) >= 11 is 0. The Labute approximate surface area is 154 Å². The van der Waals surface area contributed by atoms with Crippen molar-refractivity contribution in [3.05, 3.63) is 77.9 Å². The van der Waals surface area contributed by atoms with Crippen LogP contribution in [0, 0.1) is 6.92 Å². The Morgan fingerprint density at radius 2 is 1.54 bits per heavy atom. The maximum atomic E-state index is 12.0. The van der Waals surface area contributed by atoms with Crippen molar-refractivity contribution in [1.82, 2.24) is 0 Å². The molecular formula is C21H27F3O2. The molecule has 0 amide bonds. The topological polar surface area (TPSA) is 26.3 Å². The zero-order valence-electron chi connectivity index (χ0n) is 15.9. The van der Waals surface area contributed by atoms with Crippen LogP contribution in [-0.4, -0.2) is 13.6 Å². The summed E-state index contributed by atoms with van der Waals surface area (Å²) in [6.07, 6.45) is -4.22. The molecule has 0 aliphatic heterocycles. The second kappa shape index (κ2) is 14.8. The Bertz CT molecular complexity index is 621. The summed E-state index contributed by atoms with van der Waals surface area (Å²) in [7, 11) is 1.31. The van der Waals surface area contributed by atoms with Crippen molar-refractivity contribution in [1.29, 1.82) is 0 Å². The molecule has 0 fully saturated rings. The van der Waals surface area contributed by atoms with Crippen molar-refractivity contribution >= 4 is 12.0 Å². The summed E-state index contributed by atoms with van der Waals surface area (Å²) in [5, 5.41) is 0. The first-order valence-electron chi connectivity index (χ1n) is 8.03. The summed E-state index contributed by atoms with van der Waals surface area (Å²) in [6, 6.07) is 15.4. The predicted octanol–water partition coefficient (Wildman–Crippen LogP) is 6.55. The van der Waals surface area contributed by atoms with Gasteiger partial charge in [-0.15, -0.1) is 0 Å². The van der Waals surface area contributed by atoms with Crippen LogP contribution in [0.25, 0.3) is 5.57 Å². The molecule has 0 aromatic heterocycles. The smallest absolute Gasteiger partial charge is 0.416 e. The molecule has 0 unspecified atom stereocenters. The molecule has 26 heavy (non-hydrogen) atoms. The van der Waals surface area contributed by atoms with Gasteiger partial charge in [0.25, 0.3) is 6.47 Å². The second-order valence-electron chi connectivity index (χ2n) is 4.85. The van der Waals surface area contributed by atoms with Crippen LogP contribution >= 0.6 is 0 Å². The average Bonchev–Trinajstić information content (AvgIpc) is 2.64. The molecule has 5 heteroatoms. The molecule has 0 radical (unpaired) electrons. The Balaban J connectivity index is 0. The van der Waals surface area contributed by atoms with Gasteiger partial charge >= 0.3 is 6.18 Å². The normalized spacial score (nSPS) is 9.08. The molecule has 0 spiro atoms. The number of hydrogen-bond acceptors (Lipinski definition) is 2. The molecule has 2 nitrogen and oxygen atoms in total. The average molecular weight is 368 g/mol. The third kappa shape index (κ3) is 12.8. The summed E-state index contributed by atoms with van der Waals surface area (Å²) < 4.78 is 39.8. The Hall–Kier alpha value is -2.56. The van der Waals surface area contributed by atoms with Gasteiger partial charge in [-0.25, -0.2) is 0 Å². The number of halogens is 3. The maximum absolute atomic E-state index is 12.0. The third-order valence-electron chi connectivity index (χ3n) is 2.71. The van der Waals surface area contributed by atoms with E-state index in [0.29, 0.717) is 12.0 Å². The van der Waals surface area contributed by atoms with Crippen LogP contribution < -0.4 is 0 Å². The minimum Gasteiger partial charge on any atom is -0.471 e. The lowest BCUT2D eigenvalue weighted by molar-refractivity contribution is -0.137. The molecule has 0 atom stereocenters. The Morgan fingerprint density at radius 3 is 1.81 bits per heavy atom. The van der Waals surface area contributed by atoms with E-state index in [0.717, 1.165) is 17.7 Å². The fourth-order valence-electron chi connectivity index (χ4n) is 1.54. The number of aryl methyl sites for hydroxylation is 1. The summed E-state index contributed by atoms with van der Waals surface area (Å²) in [6.45, 7) is 11.8. The molecule has 2 aromatic rings. The standard InChI is InChI=1S/C9H10.C8H7F3.C2H4O2.C2H6/c1-8(2)9-6-4-3-5-7-9;1-6-3-2-4-7(5-6)8(9,10)11;1-4-2-3;1-2/h3-7H,1H2,2H3;2-5H,1H3;2H,1H3;1-2H3. The highest BCUT2D eigenvalue weighted by Gasteiger charge is 2.29. The molecule has 0 aliphatic carbocycles. The van der Waals surface area contributed by atoms with Crippen molar-refractivity contribution in [2.24, 2.45) is 0 Å². The molecule has 2 rings (SSSR count). The number of alkyl halides is 3. The predicted molar refractivity (Wildman–Crippen MR) is 102 cm³/mol. The fourth-order valence-corrected chi connectivity index (χ4v) is 1.54. The van der Waals surface area contributed by atoms with Gasteiger partial charge in [-0.2, -0.15) is 13.2 Å². The number of carbonyl (C=O) groups is 1. The lowest BCUT2D eigenvalue weighted by atomic mass is 10.1. The first kappa shape index (κ1) is 25.7. The van der Waals surface area contributed by atoms with Crippen LogP contribution in [0.5, 0.6) is 0 Å². The number of rotatable bonds is 2.